The van der Waals surface area contributed by atoms with E-state index in [1.54, 1.807) is 0 Å². The van der Waals surface area contributed by atoms with Gasteiger partial charge < -0.3 is 5.73 Å². The first kappa shape index (κ1) is 8.51. The second-order valence-electron chi connectivity index (χ2n) is 4.11. The maximum absolute atomic E-state index is 11.7. The molecule has 2 N–H and O–H groups in total. The summed E-state index contributed by atoms with van der Waals surface area (Å²) in [5.74, 6) is 0.314. The minimum atomic E-state index is -2.80. The molecule has 1 unspecified atom stereocenters. The van der Waals surface area contributed by atoms with Gasteiger partial charge in [0.1, 0.15) is 0 Å². The van der Waals surface area contributed by atoms with Crippen molar-refractivity contribution in [3.05, 3.63) is 0 Å². The van der Waals surface area contributed by atoms with Crippen molar-refractivity contribution in [2.75, 3.05) is 5.75 Å². The van der Waals surface area contributed by atoms with Gasteiger partial charge in [0, 0.05) is 6.04 Å². The summed E-state index contributed by atoms with van der Waals surface area (Å²) in [6, 6.07) is 0.119. The van der Waals surface area contributed by atoms with Crippen LogP contribution in [0.4, 0.5) is 0 Å². The molecule has 0 aromatic carbocycles. The summed E-state index contributed by atoms with van der Waals surface area (Å²) >= 11 is 0. The van der Waals surface area contributed by atoms with Crippen molar-refractivity contribution in [1.82, 2.24) is 0 Å². The van der Waals surface area contributed by atoms with Crippen LogP contribution in [0.3, 0.4) is 0 Å². The summed E-state index contributed by atoms with van der Waals surface area (Å²) in [4.78, 5) is 0. The lowest BCUT2D eigenvalue weighted by atomic mass is 9.79. The summed E-state index contributed by atoms with van der Waals surface area (Å²) in [6.45, 7) is 0. The van der Waals surface area contributed by atoms with Crippen LogP contribution in [0, 0.1) is 0 Å². The lowest BCUT2D eigenvalue weighted by Crippen LogP contribution is -2.54. The van der Waals surface area contributed by atoms with Gasteiger partial charge in [0.2, 0.25) is 0 Å². The molecule has 1 aliphatic heterocycles. The molecule has 1 aliphatic carbocycles. The molecule has 2 rings (SSSR count). The van der Waals surface area contributed by atoms with E-state index in [1.165, 1.54) is 0 Å². The highest BCUT2D eigenvalue weighted by Crippen LogP contribution is 2.46. The zero-order valence-corrected chi connectivity index (χ0v) is 7.94. The van der Waals surface area contributed by atoms with Crippen LogP contribution in [0.2, 0.25) is 0 Å². The van der Waals surface area contributed by atoms with Crippen LogP contribution >= 0.6 is 0 Å². The van der Waals surface area contributed by atoms with Gasteiger partial charge >= 0.3 is 0 Å². The van der Waals surface area contributed by atoms with Gasteiger partial charge in [-0.3, -0.25) is 0 Å². The topological polar surface area (TPSA) is 60.2 Å². The largest absolute Gasteiger partial charge is 0.328 e. The van der Waals surface area contributed by atoms with E-state index in [0.717, 1.165) is 19.3 Å². The Kier molecular flexibility index (Phi) is 1.74. The average molecular weight is 189 g/mol. The van der Waals surface area contributed by atoms with Crippen molar-refractivity contribution in [2.45, 2.75) is 42.9 Å². The van der Waals surface area contributed by atoms with Crippen molar-refractivity contribution in [2.24, 2.45) is 5.73 Å². The van der Waals surface area contributed by atoms with Crippen molar-refractivity contribution < 1.29 is 8.42 Å². The lowest BCUT2D eigenvalue weighted by Gasteiger charge is -2.45. The molecule has 1 saturated heterocycles. The third kappa shape index (κ3) is 1.01. The molecule has 1 spiro atoms. The Morgan fingerprint density at radius 3 is 2.42 bits per heavy atom. The fourth-order valence-electron chi connectivity index (χ4n) is 2.32. The van der Waals surface area contributed by atoms with E-state index in [1.807, 2.05) is 0 Å². The Balaban J connectivity index is 2.28. The van der Waals surface area contributed by atoms with Crippen molar-refractivity contribution in [1.29, 1.82) is 0 Å². The first-order chi connectivity index (χ1) is 5.56. The normalized spacial score (nSPS) is 37.6. The SMILES string of the molecule is NC1CCS(=O)(=O)C2(CCC2)C1. The van der Waals surface area contributed by atoms with Crippen LogP contribution in [0.5, 0.6) is 0 Å². The molecule has 2 aliphatic rings. The lowest BCUT2D eigenvalue weighted by molar-refractivity contribution is 0.283. The van der Waals surface area contributed by atoms with E-state index >= 15 is 0 Å². The molecule has 1 saturated carbocycles. The summed E-state index contributed by atoms with van der Waals surface area (Å²) in [7, 11) is -2.80. The van der Waals surface area contributed by atoms with Crippen molar-refractivity contribution in [3.63, 3.8) is 0 Å². The summed E-state index contributed by atoms with van der Waals surface area (Å²) < 4.78 is 23.0. The fraction of sp³-hybridized carbons (Fsp3) is 1.00. The number of sulfone groups is 1. The van der Waals surface area contributed by atoms with E-state index < -0.39 is 9.84 Å². The van der Waals surface area contributed by atoms with Gasteiger partial charge in [-0.1, -0.05) is 6.42 Å². The Bertz CT molecular complexity index is 279. The molecule has 2 fully saturated rings. The van der Waals surface area contributed by atoms with Crippen LogP contribution in [-0.2, 0) is 9.84 Å². The number of rotatable bonds is 0. The summed E-state index contributed by atoms with van der Waals surface area (Å²) in [5.41, 5.74) is 5.78. The maximum atomic E-state index is 11.7. The molecule has 0 radical (unpaired) electrons. The molecular formula is C8H15NO2S. The Labute approximate surface area is 73.2 Å². The Morgan fingerprint density at radius 2 is 2.00 bits per heavy atom. The smallest absolute Gasteiger partial charge is 0.156 e. The molecule has 0 amide bonds. The van der Waals surface area contributed by atoms with Crippen LogP contribution in [0.25, 0.3) is 0 Å². The minimum Gasteiger partial charge on any atom is -0.328 e. The molecule has 3 nitrogen and oxygen atoms in total. The van der Waals surface area contributed by atoms with E-state index in [-0.39, 0.29) is 10.8 Å². The first-order valence-electron chi connectivity index (χ1n) is 4.54. The minimum absolute atomic E-state index is 0.119. The van der Waals surface area contributed by atoms with Gasteiger partial charge in [0.15, 0.2) is 9.84 Å². The third-order valence-electron chi connectivity index (χ3n) is 3.32. The maximum Gasteiger partial charge on any atom is 0.156 e. The van der Waals surface area contributed by atoms with E-state index in [4.69, 9.17) is 5.73 Å². The van der Waals surface area contributed by atoms with E-state index in [9.17, 15) is 8.42 Å². The second kappa shape index (κ2) is 2.45. The van der Waals surface area contributed by atoms with Crippen molar-refractivity contribution in [3.8, 4) is 0 Å². The highest BCUT2D eigenvalue weighted by atomic mass is 32.2. The van der Waals surface area contributed by atoms with Crippen LogP contribution in [0.1, 0.15) is 32.1 Å². The highest BCUT2D eigenvalue weighted by molar-refractivity contribution is 7.92. The third-order valence-corrected chi connectivity index (χ3v) is 5.98. The Morgan fingerprint density at radius 1 is 1.33 bits per heavy atom. The number of hydrogen-bond donors (Lipinski definition) is 1. The quantitative estimate of drug-likeness (QED) is 0.601. The van der Waals surface area contributed by atoms with E-state index in [0.29, 0.717) is 18.6 Å². The second-order valence-corrected chi connectivity index (χ2v) is 6.61. The average Bonchev–Trinajstić information content (AvgIpc) is 1.91. The van der Waals surface area contributed by atoms with Gasteiger partial charge in [0.05, 0.1) is 10.5 Å². The molecule has 12 heavy (non-hydrogen) atoms. The molecule has 70 valence electrons. The molecular weight excluding hydrogens is 174 g/mol. The molecule has 0 aromatic rings. The number of nitrogens with two attached hydrogens (primary N) is 1. The van der Waals surface area contributed by atoms with Gasteiger partial charge in [-0.25, -0.2) is 8.42 Å². The number of hydrogen-bond acceptors (Lipinski definition) is 3. The molecule has 1 heterocycles. The van der Waals surface area contributed by atoms with Gasteiger partial charge in [-0.05, 0) is 25.7 Å². The standard InChI is InChI=1S/C8H15NO2S/c9-7-2-5-12(10,11)8(6-7)3-1-4-8/h7H,1-6,9H2. The van der Waals surface area contributed by atoms with Gasteiger partial charge in [-0.15, -0.1) is 0 Å². The highest BCUT2D eigenvalue weighted by Gasteiger charge is 2.51. The van der Waals surface area contributed by atoms with E-state index in [2.05, 4.69) is 0 Å². The molecule has 0 bridgehead atoms. The summed E-state index contributed by atoms with van der Waals surface area (Å²) in [5, 5.41) is 0. The monoisotopic (exact) mass is 189 g/mol. The van der Waals surface area contributed by atoms with Crippen LogP contribution in [-0.4, -0.2) is 25.0 Å². The zero-order chi connectivity index (χ0) is 8.82. The molecule has 0 aromatic heterocycles. The van der Waals surface area contributed by atoms with Crippen LogP contribution in [0.15, 0.2) is 0 Å². The zero-order valence-electron chi connectivity index (χ0n) is 7.12. The first-order valence-corrected chi connectivity index (χ1v) is 6.19. The van der Waals surface area contributed by atoms with Crippen molar-refractivity contribution >= 4 is 9.84 Å². The fourth-order valence-corrected chi connectivity index (χ4v) is 4.74. The predicted octanol–water partition coefficient (Wildman–Crippen LogP) is 0.445. The van der Waals surface area contributed by atoms with Crippen LogP contribution < -0.4 is 5.73 Å². The summed E-state index contributed by atoms with van der Waals surface area (Å²) in [6.07, 6.45) is 4.12. The molecule has 1 atom stereocenters. The predicted molar refractivity (Wildman–Crippen MR) is 47.6 cm³/mol. The van der Waals surface area contributed by atoms with Gasteiger partial charge in [0.25, 0.3) is 0 Å². The Hall–Kier alpha value is -0.0900. The molecule has 4 heteroatoms. The van der Waals surface area contributed by atoms with Gasteiger partial charge in [-0.2, -0.15) is 0 Å².